The molecule has 0 atom stereocenters. The summed E-state index contributed by atoms with van der Waals surface area (Å²) in [6.07, 6.45) is 5.60. The summed E-state index contributed by atoms with van der Waals surface area (Å²) in [5, 5.41) is 3.95. The maximum absolute atomic E-state index is 12.4. The average molecular weight is 344 g/mol. The summed E-state index contributed by atoms with van der Waals surface area (Å²) in [6, 6.07) is 3.63. The number of pyridine rings is 1. The van der Waals surface area contributed by atoms with Gasteiger partial charge in [-0.2, -0.15) is 4.98 Å². The van der Waals surface area contributed by atoms with Crippen LogP contribution >= 0.6 is 0 Å². The van der Waals surface area contributed by atoms with E-state index in [0.717, 1.165) is 18.4 Å². The lowest BCUT2D eigenvalue weighted by Gasteiger charge is -2.37. The van der Waals surface area contributed by atoms with Gasteiger partial charge in [-0.25, -0.2) is 0 Å². The van der Waals surface area contributed by atoms with Crippen molar-refractivity contribution in [2.24, 2.45) is 0 Å². The first-order chi connectivity index (χ1) is 12.2. The van der Waals surface area contributed by atoms with Crippen molar-refractivity contribution in [3.8, 4) is 11.4 Å². The molecule has 2 aliphatic heterocycles. The number of aromatic nitrogens is 3. The van der Waals surface area contributed by atoms with Crippen LogP contribution in [-0.2, 0) is 20.7 Å². The number of hydrogen-bond acceptors (Lipinski definition) is 7. The molecule has 2 aliphatic rings. The highest BCUT2D eigenvalue weighted by atomic mass is 16.7. The number of aryl methyl sites for hydroxylation is 1. The van der Waals surface area contributed by atoms with Crippen molar-refractivity contribution in [3.05, 3.63) is 30.4 Å². The zero-order valence-corrected chi connectivity index (χ0v) is 13.9. The average Bonchev–Trinajstić information content (AvgIpc) is 3.31. The predicted octanol–water partition coefficient (Wildman–Crippen LogP) is 1.43. The van der Waals surface area contributed by atoms with Crippen LogP contribution in [-0.4, -0.2) is 58.0 Å². The maximum Gasteiger partial charge on any atom is 0.227 e. The summed E-state index contributed by atoms with van der Waals surface area (Å²) in [7, 11) is 0. The minimum atomic E-state index is -0.456. The van der Waals surface area contributed by atoms with Crippen LogP contribution in [0.5, 0.6) is 0 Å². The van der Waals surface area contributed by atoms with Gasteiger partial charge in [-0.05, 0) is 12.1 Å². The van der Waals surface area contributed by atoms with Gasteiger partial charge in [-0.3, -0.25) is 9.78 Å². The van der Waals surface area contributed by atoms with Gasteiger partial charge in [0.15, 0.2) is 5.79 Å². The fourth-order valence-corrected chi connectivity index (χ4v) is 3.23. The fourth-order valence-electron chi connectivity index (χ4n) is 3.23. The van der Waals surface area contributed by atoms with Crippen molar-refractivity contribution >= 4 is 5.91 Å². The highest BCUT2D eigenvalue weighted by molar-refractivity contribution is 5.76. The molecule has 2 aromatic heterocycles. The first kappa shape index (κ1) is 16.2. The molecule has 2 aromatic rings. The van der Waals surface area contributed by atoms with E-state index in [-0.39, 0.29) is 5.91 Å². The number of hydrogen-bond donors (Lipinski definition) is 0. The Balaban J connectivity index is 1.29. The van der Waals surface area contributed by atoms with E-state index in [1.165, 1.54) is 0 Å². The normalized spacial score (nSPS) is 19.4. The molecule has 2 saturated heterocycles. The summed E-state index contributed by atoms with van der Waals surface area (Å²) in [6.45, 7) is 2.60. The van der Waals surface area contributed by atoms with Crippen LogP contribution in [0.2, 0.25) is 0 Å². The van der Waals surface area contributed by atoms with Gasteiger partial charge in [0.2, 0.25) is 17.6 Å². The Hall–Kier alpha value is -2.32. The Morgan fingerprint density at radius 2 is 1.88 bits per heavy atom. The van der Waals surface area contributed by atoms with Gasteiger partial charge >= 0.3 is 0 Å². The number of piperidine rings is 1. The second-order valence-electron chi connectivity index (χ2n) is 6.24. The molecule has 2 fully saturated rings. The van der Waals surface area contributed by atoms with Gasteiger partial charge < -0.3 is 18.9 Å². The quantitative estimate of drug-likeness (QED) is 0.828. The Bertz CT molecular complexity index is 717. The number of likely N-dealkylation sites (tertiary alicyclic amines) is 1. The van der Waals surface area contributed by atoms with E-state index >= 15 is 0 Å². The van der Waals surface area contributed by atoms with Gasteiger partial charge in [0, 0.05) is 56.7 Å². The first-order valence-corrected chi connectivity index (χ1v) is 8.53. The van der Waals surface area contributed by atoms with Crippen LogP contribution in [0, 0.1) is 0 Å². The molecule has 0 aromatic carbocycles. The van der Waals surface area contributed by atoms with Crippen LogP contribution < -0.4 is 0 Å². The van der Waals surface area contributed by atoms with Crippen molar-refractivity contribution in [3.63, 3.8) is 0 Å². The third-order valence-corrected chi connectivity index (χ3v) is 4.65. The highest BCUT2D eigenvalue weighted by Crippen LogP contribution is 2.31. The molecular formula is C17H20N4O4. The highest BCUT2D eigenvalue weighted by Gasteiger charge is 2.40. The number of nitrogens with zero attached hydrogens (tertiary/aromatic N) is 4. The molecule has 0 unspecified atom stereocenters. The summed E-state index contributed by atoms with van der Waals surface area (Å²) in [5.41, 5.74) is 0.842. The molecule has 0 radical (unpaired) electrons. The minimum absolute atomic E-state index is 0.0940. The molecule has 8 nitrogen and oxygen atoms in total. The van der Waals surface area contributed by atoms with Gasteiger partial charge in [-0.1, -0.05) is 5.16 Å². The largest absolute Gasteiger partial charge is 0.347 e. The van der Waals surface area contributed by atoms with E-state index in [1.54, 1.807) is 12.4 Å². The van der Waals surface area contributed by atoms with E-state index in [4.69, 9.17) is 14.0 Å². The molecule has 0 N–H and O–H groups in total. The molecule has 0 bridgehead atoms. The number of amides is 1. The smallest absolute Gasteiger partial charge is 0.227 e. The van der Waals surface area contributed by atoms with Gasteiger partial charge in [0.05, 0.1) is 13.2 Å². The second-order valence-corrected chi connectivity index (χ2v) is 6.24. The van der Waals surface area contributed by atoms with Gasteiger partial charge in [-0.15, -0.1) is 0 Å². The SMILES string of the molecule is O=C(CCc1nc(-c2ccncc2)no1)N1CCC2(CC1)OCCO2. The molecule has 1 spiro atoms. The van der Waals surface area contributed by atoms with E-state index in [9.17, 15) is 4.79 Å². The van der Waals surface area contributed by atoms with E-state index in [2.05, 4.69) is 15.1 Å². The lowest BCUT2D eigenvalue weighted by Crippen LogP contribution is -2.47. The lowest BCUT2D eigenvalue weighted by molar-refractivity contribution is -0.187. The topological polar surface area (TPSA) is 90.6 Å². The van der Waals surface area contributed by atoms with E-state index < -0.39 is 5.79 Å². The molecule has 0 aliphatic carbocycles. The standard InChI is InChI=1S/C17H20N4O4/c22-15(21-9-5-17(6-10-21)23-11-12-24-17)2-1-14-19-16(20-25-14)13-3-7-18-8-4-13/h3-4,7-8H,1-2,5-6,9-12H2. The molecule has 25 heavy (non-hydrogen) atoms. The first-order valence-electron chi connectivity index (χ1n) is 8.53. The molecule has 4 rings (SSSR count). The molecule has 0 saturated carbocycles. The Morgan fingerprint density at radius 1 is 1.16 bits per heavy atom. The number of carbonyl (C=O) groups is 1. The third kappa shape index (κ3) is 3.54. The molecule has 8 heteroatoms. The van der Waals surface area contributed by atoms with Crippen molar-refractivity contribution in [1.29, 1.82) is 0 Å². The van der Waals surface area contributed by atoms with Gasteiger partial charge in [0.25, 0.3) is 0 Å². The number of rotatable bonds is 4. The molecule has 4 heterocycles. The number of carbonyl (C=O) groups excluding carboxylic acids is 1. The Labute approximate surface area is 145 Å². The zero-order valence-electron chi connectivity index (χ0n) is 13.9. The van der Waals surface area contributed by atoms with Crippen LogP contribution in [0.15, 0.2) is 29.0 Å². The van der Waals surface area contributed by atoms with E-state index in [1.807, 2.05) is 17.0 Å². The molecular weight excluding hydrogens is 324 g/mol. The predicted molar refractivity (Wildman–Crippen MR) is 86.3 cm³/mol. The van der Waals surface area contributed by atoms with Crippen molar-refractivity contribution in [2.45, 2.75) is 31.5 Å². The molecule has 132 valence electrons. The summed E-state index contributed by atoms with van der Waals surface area (Å²) in [5.74, 6) is 0.621. The van der Waals surface area contributed by atoms with Crippen LogP contribution in [0.4, 0.5) is 0 Å². The van der Waals surface area contributed by atoms with Crippen LogP contribution in [0.3, 0.4) is 0 Å². The lowest BCUT2D eigenvalue weighted by atomic mass is 10.0. The van der Waals surface area contributed by atoms with Crippen molar-refractivity contribution < 1.29 is 18.8 Å². The minimum Gasteiger partial charge on any atom is -0.347 e. The second kappa shape index (κ2) is 6.89. The summed E-state index contributed by atoms with van der Waals surface area (Å²) < 4.78 is 16.6. The fraction of sp³-hybridized carbons (Fsp3) is 0.529. The Morgan fingerprint density at radius 3 is 2.60 bits per heavy atom. The monoisotopic (exact) mass is 344 g/mol. The maximum atomic E-state index is 12.4. The zero-order chi connectivity index (χ0) is 17.1. The Kier molecular flexibility index (Phi) is 4.46. The van der Waals surface area contributed by atoms with E-state index in [0.29, 0.717) is 50.9 Å². The van der Waals surface area contributed by atoms with Crippen molar-refractivity contribution in [1.82, 2.24) is 20.0 Å². The molecule has 1 amide bonds. The van der Waals surface area contributed by atoms with Gasteiger partial charge in [0.1, 0.15) is 0 Å². The van der Waals surface area contributed by atoms with Crippen LogP contribution in [0.25, 0.3) is 11.4 Å². The summed E-state index contributed by atoms with van der Waals surface area (Å²) >= 11 is 0. The number of ether oxygens (including phenoxy) is 2. The third-order valence-electron chi connectivity index (χ3n) is 4.65. The van der Waals surface area contributed by atoms with Crippen molar-refractivity contribution in [2.75, 3.05) is 26.3 Å². The summed E-state index contributed by atoms with van der Waals surface area (Å²) in [4.78, 5) is 22.6. The van der Waals surface area contributed by atoms with Crippen LogP contribution in [0.1, 0.15) is 25.2 Å².